The van der Waals surface area contributed by atoms with Gasteiger partial charge in [-0.2, -0.15) is 0 Å². The van der Waals surface area contributed by atoms with Gasteiger partial charge in [-0.25, -0.2) is 4.39 Å². The number of nitrogens with one attached hydrogen (secondary N) is 1. The summed E-state index contributed by atoms with van der Waals surface area (Å²) in [5.41, 5.74) is 5.93. The fraction of sp³-hybridized carbons (Fsp3) is 0.500. The Bertz CT molecular complexity index is 498. The van der Waals surface area contributed by atoms with Gasteiger partial charge in [0.25, 0.3) is 0 Å². The molecule has 21 heavy (non-hydrogen) atoms. The van der Waals surface area contributed by atoms with Gasteiger partial charge in [-0.05, 0) is 18.2 Å². The van der Waals surface area contributed by atoms with Gasteiger partial charge < -0.3 is 20.9 Å². The number of benzene rings is 1. The van der Waals surface area contributed by atoms with E-state index in [0.717, 1.165) is 6.54 Å². The number of morpholine rings is 1. The van der Waals surface area contributed by atoms with E-state index >= 15 is 0 Å². The first-order valence-electron chi connectivity index (χ1n) is 6.88. The van der Waals surface area contributed by atoms with Crippen molar-refractivity contribution in [3.05, 3.63) is 24.0 Å². The second-order valence-electron chi connectivity index (χ2n) is 5.01. The van der Waals surface area contributed by atoms with Crippen molar-refractivity contribution >= 4 is 17.3 Å². The van der Waals surface area contributed by atoms with Crippen molar-refractivity contribution in [3.63, 3.8) is 0 Å². The van der Waals surface area contributed by atoms with Crippen LogP contribution in [0.3, 0.4) is 0 Å². The minimum absolute atomic E-state index is 0.00627. The van der Waals surface area contributed by atoms with Gasteiger partial charge in [0.05, 0.1) is 25.0 Å². The number of nitrogens with two attached hydrogens (primary N) is 1. The fourth-order valence-electron chi connectivity index (χ4n) is 2.20. The lowest BCUT2D eigenvalue weighted by atomic mass is 10.2. The number of rotatable bonds is 5. The molecule has 0 spiro atoms. The second kappa shape index (κ2) is 7.35. The summed E-state index contributed by atoms with van der Waals surface area (Å²) in [7, 11) is 0. The summed E-state index contributed by atoms with van der Waals surface area (Å²) in [4.78, 5) is 13.9. The minimum atomic E-state index is -0.503. The number of amides is 1. The van der Waals surface area contributed by atoms with Crippen LogP contribution in [-0.4, -0.2) is 54.9 Å². The highest BCUT2D eigenvalue weighted by molar-refractivity contribution is 5.91. The largest absolute Gasteiger partial charge is 0.396 e. The third-order valence-corrected chi connectivity index (χ3v) is 3.36. The highest BCUT2D eigenvalue weighted by Crippen LogP contribution is 2.16. The molecular weight excluding hydrogens is 277 g/mol. The molecule has 0 saturated carbocycles. The van der Waals surface area contributed by atoms with Crippen molar-refractivity contribution in [2.24, 2.45) is 0 Å². The Hall–Kier alpha value is -1.70. The maximum Gasteiger partial charge on any atom is 0.225 e. The first-order chi connectivity index (χ1) is 10.1. The third kappa shape index (κ3) is 4.66. The molecule has 0 aliphatic carbocycles. The second-order valence-corrected chi connectivity index (χ2v) is 5.01. The molecule has 1 aliphatic heterocycles. The first-order valence-corrected chi connectivity index (χ1v) is 6.88. The van der Waals surface area contributed by atoms with E-state index in [1.54, 1.807) is 0 Å². The van der Waals surface area contributed by atoms with E-state index in [2.05, 4.69) is 10.2 Å². The van der Waals surface area contributed by atoms with Gasteiger partial charge in [-0.1, -0.05) is 0 Å². The highest BCUT2D eigenvalue weighted by Gasteiger charge is 2.19. The molecule has 4 N–H and O–H groups in total. The fourth-order valence-corrected chi connectivity index (χ4v) is 2.20. The quantitative estimate of drug-likeness (QED) is 0.686. The van der Waals surface area contributed by atoms with Crippen LogP contribution in [0.5, 0.6) is 0 Å². The zero-order valence-corrected chi connectivity index (χ0v) is 11.7. The lowest BCUT2D eigenvalue weighted by Crippen LogP contribution is -2.44. The number of nitrogen functional groups attached to an aromatic ring is 1. The Morgan fingerprint density at radius 2 is 2.38 bits per heavy atom. The molecule has 116 valence electrons. The van der Waals surface area contributed by atoms with E-state index in [0.29, 0.717) is 31.8 Å². The Labute approximate surface area is 122 Å². The van der Waals surface area contributed by atoms with Crippen LogP contribution < -0.4 is 11.1 Å². The Morgan fingerprint density at radius 3 is 3.10 bits per heavy atom. The van der Waals surface area contributed by atoms with Crippen molar-refractivity contribution < 1.29 is 19.0 Å². The van der Waals surface area contributed by atoms with E-state index in [1.165, 1.54) is 18.2 Å². The molecule has 0 bridgehead atoms. The number of hydrogen-bond donors (Lipinski definition) is 3. The number of halogens is 1. The Kier molecular flexibility index (Phi) is 5.49. The van der Waals surface area contributed by atoms with Gasteiger partial charge >= 0.3 is 0 Å². The number of carbonyl (C=O) groups excluding carboxylic acids is 1. The maximum atomic E-state index is 13.0. The average molecular weight is 297 g/mol. The molecule has 2 rings (SSSR count). The normalized spacial score (nSPS) is 19.4. The zero-order chi connectivity index (χ0) is 15.2. The lowest BCUT2D eigenvalue weighted by molar-refractivity contribution is -0.117. The summed E-state index contributed by atoms with van der Waals surface area (Å²) < 4.78 is 18.4. The number of aliphatic hydroxyl groups excluding tert-OH is 1. The van der Waals surface area contributed by atoms with Crippen LogP contribution in [0.1, 0.15) is 6.42 Å². The molecule has 7 heteroatoms. The first kappa shape index (κ1) is 15.7. The van der Waals surface area contributed by atoms with Gasteiger partial charge in [0.15, 0.2) is 0 Å². The number of hydrogen-bond acceptors (Lipinski definition) is 5. The SMILES string of the molecule is Nc1cc(NC(=O)CCN2CCOC(CO)C2)ccc1F. The van der Waals surface area contributed by atoms with E-state index in [-0.39, 0.29) is 24.3 Å². The molecule has 0 aromatic heterocycles. The number of carbonyl (C=O) groups is 1. The van der Waals surface area contributed by atoms with Crippen LogP contribution in [0, 0.1) is 5.82 Å². The molecule has 1 atom stereocenters. The van der Waals surface area contributed by atoms with Gasteiger partial charge in [-0.15, -0.1) is 0 Å². The summed E-state index contributed by atoms with van der Waals surface area (Å²) in [6, 6.07) is 4.09. The number of ether oxygens (including phenoxy) is 1. The van der Waals surface area contributed by atoms with Gasteiger partial charge in [0, 0.05) is 31.7 Å². The highest BCUT2D eigenvalue weighted by atomic mass is 19.1. The lowest BCUT2D eigenvalue weighted by Gasteiger charge is -2.31. The minimum Gasteiger partial charge on any atom is -0.396 e. The van der Waals surface area contributed by atoms with E-state index in [9.17, 15) is 9.18 Å². The monoisotopic (exact) mass is 297 g/mol. The molecule has 1 aromatic rings. The van der Waals surface area contributed by atoms with Crippen molar-refractivity contribution in [1.29, 1.82) is 0 Å². The number of nitrogens with zero attached hydrogens (tertiary/aromatic N) is 1. The Morgan fingerprint density at radius 1 is 1.57 bits per heavy atom. The van der Waals surface area contributed by atoms with Crippen LogP contribution >= 0.6 is 0 Å². The molecule has 1 aliphatic rings. The summed E-state index contributed by atoms with van der Waals surface area (Å²) in [6.45, 7) is 2.49. The predicted octanol–water partition coefficient (Wildman–Crippen LogP) is 0.430. The summed E-state index contributed by atoms with van der Waals surface area (Å²) in [5, 5.41) is 11.7. The molecule has 0 radical (unpaired) electrons. The number of aliphatic hydroxyl groups is 1. The van der Waals surface area contributed by atoms with Crippen molar-refractivity contribution in [1.82, 2.24) is 4.90 Å². The molecule has 1 aromatic carbocycles. The Balaban J connectivity index is 1.78. The van der Waals surface area contributed by atoms with Crippen LogP contribution in [0.25, 0.3) is 0 Å². The smallest absolute Gasteiger partial charge is 0.225 e. The maximum absolute atomic E-state index is 13.0. The molecule has 1 amide bonds. The summed E-state index contributed by atoms with van der Waals surface area (Å²) >= 11 is 0. The van der Waals surface area contributed by atoms with E-state index < -0.39 is 5.82 Å². The molecule has 1 saturated heterocycles. The van der Waals surface area contributed by atoms with Crippen LogP contribution in [0.15, 0.2) is 18.2 Å². The summed E-state index contributed by atoms with van der Waals surface area (Å²) in [6.07, 6.45) is 0.133. The molecule has 1 fully saturated rings. The van der Waals surface area contributed by atoms with E-state index in [4.69, 9.17) is 15.6 Å². The van der Waals surface area contributed by atoms with Crippen molar-refractivity contribution in [2.45, 2.75) is 12.5 Å². The van der Waals surface area contributed by atoms with Crippen molar-refractivity contribution in [3.8, 4) is 0 Å². The third-order valence-electron chi connectivity index (χ3n) is 3.36. The van der Waals surface area contributed by atoms with Crippen LogP contribution in [0.4, 0.5) is 15.8 Å². The van der Waals surface area contributed by atoms with Crippen molar-refractivity contribution in [2.75, 3.05) is 43.9 Å². The summed E-state index contributed by atoms with van der Waals surface area (Å²) in [5.74, 6) is -0.663. The topological polar surface area (TPSA) is 87.8 Å². The zero-order valence-electron chi connectivity index (χ0n) is 11.7. The standard InChI is InChI=1S/C14H20FN3O3/c15-12-2-1-10(7-13(12)16)17-14(20)3-4-18-5-6-21-11(8-18)9-19/h1-2,7,11,19H,3-6,8-9,16H2,(H,17,20). The van der Waals surface area contributed by atoms with Crippen LogP contribution in [0.2, 0.25) is 0 Å². The van der Waals surface area contributed by atoms with Gasteiger partial charge in [0.2, 0.25) is 5.91 Å². The van der Waals surface area contributed by atoms with Crippen LogP contribution in [-0.2, 0) is 9.53 Å². The van der Waals surface area contributed by atoms with Gasteiger partial charge in [-0.3, -0.25) is 9.69 Å². The number of anilines is 2. The molecule has 1 unspecified atom stereocenters. The molecular formula is C14H20FN3O3. The van der Waals surface area contributed by atoms with Gasteiger partial charge in [0.1, 0.15) is 5.82 Å². The molecule has 6 nitrogen and oxygen atoms in total. The van der Waals surface area contributed by atoms with E-state index in [1.807, 2.05) is 0 Å². The average Bonchev–Trinajstić information content (AvgIpc) is 2.49. The predicted molar refractivity (Wildman–Crippen MR) is 77.3 cm³/mol. The molecule has 1 heterocycles.